The van der Waals surface area contributed by atoms with Crippen molar-refractivity contribution in [3.05, 3.63) is 40.6 Å². The van der Waals surface area contributed by atoms with E-state index < -0.39 is 0 Å². The van der Waals surface area contributed by atoms with Crippen LogP contribution in [0.5, 0.6) is 5.75 Å². The van der Waals surface area contributed by atoms with Gasteiger partial charge in [-0.2, -0.15) is 5.10 Å². The zero-order chi connectivity index (χ0) is 14.0. The third-order valence-electron chi connectivity index (χ3n) is 3.20. The summed E-state index contributed by atoms with van der Waals surface area (Å²) in [6.07, 6.45) is 0. The number of benzene rings is 1. The molecule has 0 saturated heterocycles. The van der Waals surface area contributed by atoms with Gasteiger partial charge >= 0.3 is 0 Å². The number of hydrogen-bond donors (Lipinski definition) is 2. The van der Waals surface area contributed by atoms with Gasteiger partial charge in [0.25, 0.3) is 0 Å². The zero-order valence-corrected chi connectivity index (χ0v) is 11.8. The lowest BCUT2D eigenvalue weighted by Gasteiger charge is -2.11. The molecule has 0 amide bonds. The molecule has 102 valence electrons. The summed E-state index contributed by atoms with van der Waals surface area (Å²) in [7, 11) is 1.85. The smallest absolute Gasteiger partial charge is 0.145 e. The summed E-state index contributed by atoms with van der Waals surface area (Å²) < 4.78 is 7.61. The third kappa shape index (κ3) is 2.71. The topological polar surface area (TPSA) is 65.1 Å². The van der Waals surface area contributed by atoms with E-state index in [1.807, 2.05) is 27.0 Å². The normalized spacial score (nSPS) is 10.6. The van der Waals surface area contributed by atoms with E-state index in [4.69, 9.17) is 10.6 Å². The molecular formula is C14H20N4O. The van der Waals surface area contributed by atoms with Crippen molar-refractivity contribution in [3.63, 3.8) is 0 Å². The van der Waals surface area contributed by atoms with Crippen LogP contribution in [0.4, 0.5) is 5.82 Å². The number of nitrogen functional groups attached to an aromatic ring is 1. The Morgan fingerprint density at radius 2 is 2.05 bits per heavy atom. The molecule has 3 N–H and O–H groups in total. The average molecular weight is 260 g/mol. The molecule has 1 aromatic carbocycles. The Labute approximate surface area is 113 Å². The second kappa shape index (κ2) is 5.32. The predicted molar refractivity (Wildman–Crippen MR) is 76.0 cm³/mol. The van der Waals surface area contributed by atoms with Crippen molar-refractivity contribution in [1.29, 1.82) is 0 Å². The number of nitrogens with two attached hydrogens (primary N) is 1. The standard InChI is InChI=1S/C14H20N4O/c1-9-5-6-10(2)13(7-9)19-8-12-11(3)17-18(4)14(12)16-15/h5-7,16H,8,15H2,1-4H3. The predicted octanol–water partition coefficient (Wildman–Crippen LogP) is 2.21. The number of nitrogens with zero attached hydrogens (tertiary/aromatic N) is 2. The van der Waals surface area contributed by atoms with Gasteiger partial charge in [0.1, 0.15) is 18.2 Å². The van der Waals surface area contributed by atoms with Crippen molar-refractivity contribution >= 4 is 5.82 Å². The minimum Gasteiger partial charge on any atom is -0.488 e. The molecule has 0 aliphatic carbocycles. The molecular weight excluding hydrogens is 240 g/mol. The van der Waals surface area contributed by atoms with E-state index in [1.165, 1.54) is 5.56 Å². The van der Waals surface area contributed by atoms with Crippen LogP contribution in [0.1, 0.15) is 22.4 Å². The van der Waals surface area contributed by atoms with Gasteiger partial charge in [-0.3, -0.25) is 4.68 Å². The van der Waals surface area contributed by atoms with E-state index in [0.29, 0.717) is 6.61 Å². The van der Waals surface area contributed by atoms with Crippen molar-refractivity contribution in [1.82, 2.24) is 9.78 Å². The quantitative estimate of drug-likeness (QED) is 0.653. The minimum atomic E-state index is 0.448. The van der Waals surface area contributed by atoms with Gasteiger partial charge in [-0.05, 0) is 38.0 Å². The summed E-state index contributed by atoms with van der Waals surface area (Å²) in [4.78, 5) is 0. The molecule has 19 heavy (non-hydrogen) atoms. The number of hydrogen-bond acceptors (Lipinski definition) is 4. The molecule has 1 heterocycles. The molecule has 0 bridgehead atoms. The minimum absolute atomic E-state index is 0.448. The van der Waals surface area contributed by atoms with Crippen LogP contribution in [0.2, 0.25) is 0 Å². The first-order valence-corrected chi connectivity index (χ1v) is 6.22. The maximum absolute atomic E-state index is 5.89. The fourth-order valence-corrected chi connectivity index (χ4v) is 2.07. The van der Waals surface area contributed by atoms with Crippen LogP contribution in [0.25, 0.3) is 0 Å². The molecule has 2 aromatic rings. The van der Waals surface area contributed by atoms with Gasteiger partial charge in [-0.25, -0.2) is 5.84 Å². The summed E-state index contributed by atoms with van der Waals surface area (Å²) in [5.74, 6) is 7.20. The maximum atomic E-state index is 5.89. The van der Waals surface area contributed by atoms with Crippen LogP contribution in [-0.4, -0.2) is 9.78 Å². The van der Waals surface area contributed by atoms with E-state index in [1.54, 1.807) is 4.68 Å². The second-order valence-corrected chi connectivity index (χ2v) is 4.74. The van der Waals surface area contributed by atoms with Crippen LogP contribution < -0.4 is 16.0 Å². The Hall–Kier alpha value is -2.01. The highest BCUT2D eigenvalue weighted by Gasteiger charge is 2.13. The Morgan fingerprint density at radius 1 is 1.32 bits per heavy atom. The monoisotopic (exact) mass is 260 g/mol. The molecule has 0 unspecified atom stereocenters. The molecule has 0 fully saturated rings. The van der Waals surface area contributed by atoms with Crippen molar-refractivity contribution < 1.29 is 4.74 Å². The lowest BCUT2D eigenvalue weighted by atomic mass is 10.1. The van der Waals surface area contributed by atoms with Crippen LogP contribution in [0, 0.1) is 20.8 Å². The van der Waals surface area contributed by atoms with E-state index >= 15 is 0 Å². The first kappa shape index (κ1) is 13.4. The summed E-state index contributed by atoms with van der Waals surface area (Å²) in [5, 5.41) is 4.33. The number of nitrogens with one attached hydrogen (secondary N) is 1. The van der Waals surface area contributed by atoms with Gasteiger partial charge in [0, 0.05) is 7.05 Å². The lowest BCUT2D eigenvalue weighted by molar-refractivity contribution is 0.303. The van der Waals surface area contributed by atoms with Crippen molar-refractivity contribution in [2.24, 2.45) is 12.9 Å². The zero-order valence-electron chi connectivity index (χ0n) is 11.8. The van der Waals surface area contributed by atoms with Gasteiger partial charge in [0.05, 0.1) is 11.3 Å². The Bertz CT molecular complexity index is 589. The molecule has 5 nitrogen and oxygen atoms in total. The van der Waals surface area contributed by atoms with Crippen LogP contribution in [0.3, 0.4) is 0 Å². The highest BCUT2D eigenvalue weighted by molar-refractivity contribution is 5.46. The summed E-state index contributed by atoms with van der Waals surface area (Å²) in [6, 6.07) is 6.17. The second-order valence-electron chi connectivity index (χ2n) is 4.74. The largest absolute Gasteiger partial charge is 0.488 e. The number of anilines is 1. The van der Waals surface area contributed by atoms with Crippen molar-refractivity contribution in [2.75, 3.05) is 5.43 Å². The van der Waals surface area contributed by atoms with E-state index in [-0.39, 0.29) is 0 Å². The van der Waals surface area contributed by atoms with Crippen LogP contribution in [0.15, 0.2) is 18.2 Å². The van der Waals surface area contributed by atoms with Crippen molar-refractivity contribution in [2.45, 2.75) is 27.4 Å². The molecule has 0 aliphatic rings. The van der Waals surface area contributed by atoms with Gasteiger partial charge in [-0.15, -0.1) is 0 Å². The summed E-state index contributed by atoms with van der Waals surface area (Å²) in [6.45, 7) is 6.48. The lowest BCUT2D eigenvalue weighted by Crippen LogP contribution is -2.13. The molecule has 0 saturated carbocycles. The number of aryl methyl sites for hydroxylation is 4. The van der Waals surface area contributed by atoms with Crippen LogP contribution >= 0.6 is 0 Å². The number of rotatable bonds is 4. The van der Waals surface area contributed by atoms with Crippen molar-refractivity contribution in [3.8, 4) is 5.75 Å². The first-order chi connectivity index (χ1) is 9.02. The Kier molecular flexibility index (Phi) is 3.76. The Morgan fingerprint density at radius 3 is 2.74 bits per heavy atom. The summed E-state index contributed by atoms with van der Waals surface area (Å²) in [5.41, 5.74) is 6.86. The molecule has 0 spiro atoms. The molecule has 0 aliphatic heterocycles. The number of ether oxygens (including phenoxy) is 1. The number of aromatic nitrogens is 2. The average Bonchev–Trinajstić information content (AvgIpc) is 2.64. The fourth-order valence-electron chi connectivity index (χ4n) is 2.07. The highest BCUT2D eigenvalue weighted by atomic mass is 16.5. The van der Waals surface area contributed by atoms with Gasteiger partial charge in [-0.1, -0.05) is 12.1 Å². The van der Waals surface area contributed by atoms with Gasteiger partial charge < -0.3 is 10.2 Å². The summed E-state index contributed by atoms with van der Waals surface area (Å²) >= 11 is 0. The Balaban J connectivity index is 2.21. The van der Waals surface area contributed by atoms with Gasteiger partial charge in [0.2, 0.25) is 0 Å². The molecule has 1 aromatic heterocycles. The van der Waals surface area contributed by atoms with E-state index in [9.17, 15) is 0 Å². The SMILES string of the molecule is Cc1ccc(C)c(OCc2c(C)nn(C)c2NN)c1. The first-order valence-electron chi connectivity index (χ1n) is 6.22. The number of hydrazine groups is 1. The fraction of sp³-hybridized carbons (Fsp3) is 0.357. The molecule has 2 rings (SSSR count). The maximum Gasteiger partial charge on any atom is 0.145 e. The highest BCUT2D eigenvalue weighted by Crippen LogP contribution is 2.23. The van der Waals surface area contributed by atoms with E-state index in [0.717, 1.165) is 28.4 Å². The van der Waals surface area contributed by atoms with E-state index in [2.05, 4.69) is 29.6 Å². The molecule has 0 atom stereocenters. The molecule has 0 radical (unpaired) electrons. The third-order valence-corrected chi connectivity index (χ3v) is 3.20. The molecule has 5 heteroatoms. The van der Waals surface area contributed by atoms with Gasteiger partial charge in [0.15, 0.2) is 0 Å². The van der Waals surface area contributed by atoms with Crippen LogP contribution in [-0.2, 0) is 13.7 Å².